The van der Waals surface area contributed by atoms with Crippen LogP contribution in [-0.2, 0) is 12.8 Å². The number of hydrogen-bond acceptors (Lipinski definition) is 2. The topological polar surface area (TPSA) is 49.3 Å². The van der Waals surface area contributed by atoms with Gasteiger partial charge in [0.1, 0.15) is 5.75 Å². The Morgan fingerprint density at radius 3 is 2.40 bits per heavy atom. The SMILES string of the molecule is Cc1c(O)cccc1C(=O)NC1Cc2ccccc2C1. The van der Waals surface area contributed by atoms with Crippen LogP contribution in [0.5, 0.6) is 5.75 Å². The summed E-state index contributed by atoms with van der Waals surface area (Å²) < 4.78 is 0. The molecule has 1 aliphatic rings. The number of benzene rings is 2. The molecule has 0 aliphatic heterocycles. The second kappa shape index (κ2) is 5.00. The molecule has 20 heavy (non-hydrogen) atoms. The Kier molecular flexibility index (Phi) is 3.18. The molecule has 0 atom stereocenters. The molecule has 0 heterocycles. The molecule has 0 unspecified atom stereocenters. The molecule has 102 valence electrons. The maximum absolute atomic E-state index is 12.3. The van der Waals surface area contributed by atoms with E-state index >= 15 is 0 Å². The van der Waals surface area contributed by atoms with E-state index < -0.39 is 0 Å². The highest BCUT2D eigenvalue weighted by molar-refractivity contribution is 5.96. The Balaban J connectivity index is 1.74. The lowest BCUT2D eigenvalue weighted by Crippen LogP contribution is -2.35. The summed E-state index contributed by atoms with van der Waals surface area (Å²) in [7, 11) is 0. The molecule has 2 aromatic rings. The highest BCUT2D eigenvalue weighted by Gasteiger charge is 2.23. The summed E-state index contributed by atoms with van der Waals surface area (Å²) in [4.78, 5) is 12.3. The Morgan fingerprint density at radius 1 is 1.10 bits per heavy atom. The second-order valence-electron chi connectivity index (χ2n) is 5.30. The van der Waals surface area contributed by atoms with Crippen molar-refractivity contribution in [2.75, 3.05) is 0 Å². The smallest absolute Gasteiger partial charge is 0.251 e. The van der Waals surface area contributed by atoms with Crippen molar-refractivity contribution in [3.05, 3.63) is 64.7 Å². The lowest BCUT2D eigenvalue weighted by Gasteiger charge is -2.13. The minimum Gasteiger partial charge on any atom is -0.508 e. The molecule has 2 N–H and O–H groups in total. The summed E-state index contributed by atoms with van der Waals surface area (Å²) in [5.41, 5.74) is 3.79. The van der Waals surface area contributed by atoms with Gasteiger partial charge in [-0.15, -0.1) is 0 Å². The Bertz CT molecular complexity index is 639. The normalized spacial score (nSPS) is 14.1. The monoisotopic (exact) mass is 267 g/mol. The molecule has 1 aliphatic carbocycles. The minimum atomic E-state index is -0.115. The Labute approximate surface area is 118 Å². The first-order valence-electron chi connectivity index (χ1n) is 6.81. The number of rotatable bonds is 2. The standard InChI is InChI=1S/C17H17NO2/c1-11-15(7-4-8-16(11)19)17(20)18-14-9-12-5-2-3-6-13(12)10-14/h2-8,14,19H,9-10H2,1H3,(H,18,20). The van der Waals surface area contributed by atoms with Crippen LogP contribution >= 0.6 is 0 Å². The number of phenols is 1. The van der Waals surface area contributed by atoms with Crippen molar-refractivity contribution in [3.8, 4) is 5.75 Å². The predicted molar refractivity (Wildman–Crippen MR) is 77.9 cm³/mol. The lowest BCUT2D eigenvalue weighted by atomic mass is 10.1. The fourth-order valence-corrected chi connectivity index (χ4v) is 2.79. The average molecular weight is 267 g/mol. The summed E-state index contributed by atoms with van der Waals surface area (Å²) in [6.45, 7) is 1.76. The first-order valence-corrected chi connectivity index (χ1v) is 6.81. The van der Waals surface area contributed by atoms with Crippen LogP contribution in [0.25, 0.3) is 0 Å². The molecule has 2 aromatic carbocycles. The van der Waals surface area contributed by atoms with Gasteiger partial charge in [-0.05, 0) is 43.0 Å². The van der Waals surface area contributed by atoms with Crippen molar-refractivity contribution >= 4 is 5.91 Å². The molecular formula is C17H17NO2. The van der Waals surface area contributed by atoms with Crippen LogP contribution < -0.4 is 5.32 Å². The average Bonchev–Trinajstić information content (AvgIpc) is 2.83. The fraction of sp³-hybridized carbons (Fsp3) is 0.235. The van der Waals surface area contributed by atoms with Crippen LogP contribution in [0.2, 0.25) is 0 Å². The minimum absolute atomic E-state index is 0.115. The van der Waals surface area contributed by atoms with Crippen molar-refractivity contribution in [1.82, 2.24) is 5.32 Å². The van der Waals surface area contributed by atoms with Gasteiger partial charge in [0.2, 0.25) is 0 Å². The molecule has 3 rings (SSSR count). The maximum atomic E-state index is 12.3. The molecule has 0 aromatic heterocycles. The third-order valence-corrected chi connectivity index (χ3v) is 3.94. The van der Waals surface area contributed by atoms with E-state index in [4.69, 9.17) is 0 Å². The van der Waals surface area contributed by atoms with Crippen LogP contribution in [0.15, 0.2) is 42.5 Å². The molecule has 0 saturated heterocycles. The first-order chi connectivity index (χ1) is 9.65. The zero-order chi connectivity index (χ0) is 14.1. The summed E-state index contributed by atoms with van der Waals surface area (Å²) in [6, 6.07) is 13.5. The zero-order valence-electron chi connectivity index (χ0n) is 11.4. The van der Waals surface area contributed by atoms with E-state index in [0.29, 0.717) is 11.1 Å². The molecule has 0 bridgehead atoms. The van der Waals surface area contributed by atoms with Crippen LogP contribution in [-0.4, -0.2) is 17.1 Å². The highest BCUT2D eigenvalue weighted by atomic mass is 16.3. The fourth-order valence-electron chi connectivity index (χ4n) is 2.79. The number of carbonyl (C=O) groups is 1. The van der Waals surface area contributed by atoms with Gasteiger partial charge in [-0.2, -0.15) is 0 Å². The van der Waals surface area contributed by atoms with Gasteiger partial charge >= 0.3 is 0 Å². The van der Waals surface area contributed by atoms with E-state index in [1.807, 2.05) is 12.1 Å². The van der Waals surface area contributed by atoms with Crippen molar-refractivity contribution in [2.45, 2.75) is 25.8 Å². The van der Waals surface area contributed by atoms with Gasteiger partial charge in [-0.3, -0.25) is 4.79 Å². The number of amides is 1. The first kappa shape index (κ1) is 12.7. The van der Waals surface area contributed by atoms with Crippen molar-refractivity contribution in [2.24, 2.45) is 0 Å². The lowest BCUT2D eigenvalue weighted by molar-refractivity contribution is 0.0937. The van der Waals surface area contributed by atoms with Gasteiger partial charge in [-0.25, -0.2) is 0 Å². The summed E-state index contributed by atoms with van der Waals surface area (Å²) in [6.07, 6.45) is 1.75. The number of aromatic hydroxyl groups is 1. The van der Waals surface area contributed by atoms with Gasteiger partial charge in [0, 0.05) is 17.2 Å². The van der Waals surface area contributed by atoms with E-state index in [9.17, 15) is 9.90 Å². The molecule has 0 spiro atoms. The van der Waals surface area contributed by atoms with E-state index in [0.717, 1.165) is 12.8 Å². The largest absolute Gasteiger partial charge is 0.508 e. The second-order valence-corrected chi connectivity index (χ2v) is 5.30. The Hall–Kier alpha value is -2.29. The molecular weight excluding hydrogens is 250 g/mol. The molecule has 0 radical (unpaired) electrons. The van der Waals surface area contributed by atoms with Gasteiger partial charge in [0.05, 0.1) is 0 Å². The van der Waals surface area contributed by atoms with E-state index in [1.54, 1.807) is 25.1 Å². The number of fused-ring (bicyclic) bond motifs is 1. The van der Waals surface area contributed by atoms with Crippen molar-refractivity contribution < 1.29 is 9.90 Å². The van der Waals surface area contributed by atoms with Crippen LogP contribution in [0.1, 0.15) is 27.0 Å². The molecule has 1 amide bonds. The van der Waals surface area contributed by atoms with E-state index in [1.165, 1.54) is 11.1 Å². The summed E-state index contributed by atoms with van der Waals surface area (Å²) in [5.74, 6) is 0.0450. The predicted octanol–water partition coefficient (Wildman–Crippen LogP) is 2.60. The van der Waals surface area contributed by atoms with Crippen molar-refractivity contribution in [1.29, 1.82) is 0 Å². The summed E-state index contributed by atoms with van der Waals surface area (Å²) >= 11 is 0. The molecule has 3 heteroatoms. The van der Waals surface area contributed by atoms with Gasteiger partial charge in [0.15, 0.2) is 0 Å². The molecule has 0 fully saturated rings. The van der Waals surface area contributed by atoms with E-state index in [-0.39, 0.29) is 17.7 Å². The molecule has 0 saturated carbocycles. The quantitative estimate of drug-likeness (QED) is 0.878. The van der Waals surface area contributed by atoms with Crippen molar-refractivity contribution in [3.63, 3.8) is 0 Å². The Morgan fingerprint density at radius 2 is 1.75 bits per heavy atom. The number of carbonyl (C=O) groups excluding carboxylic acids is 1. The number of nitrogens with one attached hydrogen (secondary N) is 1. The van der Waals surface area contributed by atoms with Gasteiger partial charge in [0.25, 0.3) is 5.91 Å². The van der Waals surface area contributed by atoms with Crippen LogP contribution in [0.3, 0.4) is 0 Å². The summed E-state index contributed by atoms with van der Waals surface area (Å²) in [5, 5.41) is 12.7. The van der Waals surface area contributed by atoms with Gasteiger partial charge < -0.3 is 10.4 Å². The van der Waals surface area contributed by atoms with E-state index in [2.05, 4.69) is 17.4 Å². The maximum Gasteiger partial charge on any atom is 0.251 e. The van der Waals surface area contributed by atoms with Gasteiger partial charge in [-0.1, -0.05) is 30.3 Å². The zero-order valence-corrected chi connectivity index (χ0v) is 11.4. The van der Waals surface area contributed by atoms with Crippen LogP contribution in [0, 0.1) is 6.92 Å². The number of hydrogen-bond donors (Lipinski definition) is 2. The third kappa shape index (κ3) is 2.27. The van der Waals surface area contributed by atoms with Crippen LogP contribution in [0.4, 0.5) is 0 Å². The highest BCUT2D eigenvalue weighted by Crippen LogP contribution is 2.23. The number of phenolic OH excluding ortho intramolecular Hbond substituents is 1. The third-order valence-electron chi connectivity index (χ3n) is 3.94. The molecule has 3 nitrogen and oxygen atoms in total.